The smallest absolute Gasteiger partial charge is 0.369 e. The summed E-state index contributed by atoms with van der Waals surface area (Å²) in [5.41, 5.74) is 0.328. The molecule has 1 N–H and O–H groups in total. The third kappa shape index (κ3) is 3.71. The molecule has 1 amide bonds. The van der Waals surface area contributed by atoms with E-state index in [4.69, 9.17) is 4.18 Å². The third-order valence-corrected chi connectivity index (χ3v) is 3.41. The van der Waals surface area contributed by atoms with Gasteiger partial charge in [0.2, 0.25) is 5.91 Å². The molecule has 7 heteroatoms. The zero-order valence-corrected chi connectivity index (χ0v) is 11.3. The van der Waals surface area contributed by atoms with E-state index in [1.165, 1.54) is 20.2 Å². The van der Waals surface area contributed by atoms with E-state index in [2.05, 4.69) is 5.32 Å². The SMILES string of the molecule is CCC(=O)Nc1ccccc1OS(=O)(=O)N(C)C. The summed E-state index contributed by atoms with van der Waals surface area (Å²) in [4.78, 5) is 11.3. The number of rotatable bonds is 5. The van der Waals surface area contributed by atoms with E-state index in [0.29, 0.717) is 12.1 Å². The lowest BCUT2D eigenvalue weighted by molar-refractivity contribution is -0.115. The highest BCUT2D eigenvalue weighted by Crippen LogP contribution is 2.25. The maximum atomic E-state index is 11.6. The molecule has 0 aliphatic heterocycles. The minimum atomic E-state index is -3.83. The van der Waals surface area contributed by atoms with E-state index >= 15 is 0 Å². The molecule has 0 unspecified atom stereocenters. The zero-order chi connectivity index (χ0) is 13.8. The van der Waals surface area contributed by atoms with Crippen LogP contribution in [-0.2, 0) is 15.1 Å². The number of para-hydroxylation sites is 2. The van der Waals surface area contributed by atoms with Gasteiger partial charge >= 0.3 is 10.3 Å². The number of nitrogens with one attached hydrogen (secondary N) is 1. The fourth-order valence-corrected chi connectivity index (χ4v) is 1.59. The van der Waals surface area contributed by atoms with Crippen LogP contribution in [0.15, 0.2) is 24.3 Å². The molecule has 18 heavy (non-hydrogen) atoms. The predicted molar refractivity (Wildman–Crippen MR) is 68.6 cm³/mol. The van der Waals surface area contributed by atoms with Gasteiger partial charge in [-0.1, -0.05) is 19.1 Å². The van der Waals surface area contributed by atoms with Crippen LogP contribution in [0, 0.1) is 0 Å². The molecule has 0 bridgehead atoms. The van der Waals surface area contributed by atoms with Crippen LogP contribution in [0.4, 0.5) is 5.69 Å². The molecule has 0 saturated carbocycles. The second kappa shape index (κ2) is 5.83. The molecule has 0 aliphatic rings. The molecule has 1 aromatic rings. The third-order valence-electron chi connectivity index (χ3n) is 2.12. The summed E-state index contributed by atoms with van der Waals surface area (Å²) in [5.74, 6) is -0.124. The van der Waals surface area contributed by atoms with E-state index in [-0.39, 0.29) is 11.7 Å². The van der Waals surface area contributed by atoms with E-state index in [1.807, 2.05) is 0 Å². The fourth-order valence-electron chi connectivity index (χ4n) is 1.07. The van der Waals surface area contributed by atoms with Crippen LogP contribution in [0.25, 0.3) is 0 Å². The fraction of sp³-hybridized carbons (Fsp3) is 0.364. The van der Waals surface area contributed by atoms with Crippen LogP contribution in [0.5, 0.6) is 5.75 Å². The molecule has 0 aliphatic carbocycles. The van der Waals surface area contributed by atoms with Gasteiger partial charge < -0.3 is 9.50 Å². The number of amides is 1. The molecule has 1 rings (SSSR count). The Labute approximate surface area is 107 Å². The quantitative estimate of drug-likeness (QED) is 0.874. The predicted octanol–water partition coefficient (Wildman–Crippen LogP) is 1.22. The van der Waals surface area contributed by atoms with Crippen molar-refractivity contribution in [1.29, 1.82) is 0 Å². The second-order valence-corrected chi connectivity index (χ2v) is 5.47. The lowest BCUT2D eigenvalue weighted by atomic mass is 10.3. The Morgan fingerprint density at radius 1 is 1.33 bits per heavy atom. The van der Waals surface area contributed by atoms with Gasteiger partial charge in [0, 0.05) is 20.5 Å². The van der Waals surface area contributed by atoms with Crippen molar-refractivity contribution in [2.75, 3.05) is 19.4 Å². The van der Waals surface area contributed by atoms with Gasteiger partial charge in [0.25, 0.3) is 0 Å². The molecule has 100 valence electrons. The average molecular weight is 272 g/mol. The maximum absolute atomic E-state index is 11.6. The van der Waals surface area contributed by atoms with Crippen molar-refractivity contribution >= 4 is 21.9 Å². The molecule has 0 spiro atoms. The van der Waals surface area contributed by atoms with Crippen LogP contribution < -0.4 is 9.50 Å². The van der Waals surface area contributed by atoms with Gasteiger partial charge in [0.05, 0.1) is 5.69 Å². The van der Waals surface area contributed by atoms with Gasteiger partial charge in [0.1, 0.15) is 0 Å². The van der Waals surface area contributed by atoms with E-state index < -0.39 is 10.3 Å². The van der Waals surface area contributed by atoms with Crippen molar-refractivity contribution in [1.82, 2.24) is 4.31 Å². The first-order chi connectivity index (χ1) is 8.36. The minimum absolute atomic E-state index is 0.0907. The summed E-state index contributed by atoms with van der Waals surface area (Å²) in [6.07, 6.45) is 0.300. The molecule has 0 radical (unpaired) electrons. The monoisotopic (exact) mass is 272 g/mol. The molecule has 0 atom stereocenters. The van der Waals surface area contributed by atoms with Gasteiger partial charge in [-0.05, 0) is 12.1 Å². The van der Waals surface area contributed by atoms with Crippen molar-refractivity contribution in [3.8, 4) is 5.75 Å². The van der Waals surface area contributed by atoms with Crippen LogP contribution in [0.1, 0.15) is 13.3 Å². The van der Waals surface area contributed by atoms with Gasteiger partial charge in [0.15, 0.2) is 5.75 Å². The molecular formula is C11H16N2O4S. The molecule has 0 fully saturated rings. The Bertz CT molecular complexity index is 526. The largest absolute Gasteiger partial charge is 0.384 e. The standard InChI is InChI=1S/C11H16N2O4S/c1-4-11(14)12-9-7-5-6-8-10(9)17-18(15,16)13(2)3/h5-8H,4H2,1-3H3,(H,12,14). The topological polar surface area (TPSA) is 75.7 Å². The molecule has 0 aromatic heterocycles. The molecule has 6 nitrogen and oxygen atoms in total. The average Bonchev–Trinajstić information content (AvgIpc) is 2.31. The van der Waals surface area contributed by atoms with Gasteiger partial charge in [-0.2, -0.15) is 12.7 Å². The Morgan fingerprint density at radius 3 is 2.50 bits per heavy atom. The Hall–Kier alpha value is -1.60. The molecule has 1 aromatic carbocycles. The van der Waals surface area contributed by atoms with E-state index in [1.54, 1.807) is 25.1 Å². The summed E-state index contributed by atoms with van der Waals surface area (Å²) < 4.78 is 29.1. The van der Waals surface area contributed by atoms with Crippen LogP contribution in [0.3, 0.4) is 0 Å². The number of hydrogen-bond donors (Lipinski definition) is 1. The lowest BCUT2D eigenvalue weighted by Gasteiger charge is -2.14. The summed E-state index contributed by atoms with van der Waals surface area (Å²) in [6, 6.07) is 6.36. The first kappa shape index (κ1) is 14.5. The highest BCUT2D eigenvalue weighted by atomic mass is 32.2. The molecular weight excluding hydrogens is 256 g/mol. The summed E-state index contributed by atoms with van der Waals surface area (Å²) in [6.45, 7) is 1.70. The number of carbonyl (C=O) groups excluding carboxylic acids is 1. The summed E-state index contributed by atoms with van der Waals surface area (Å²) in [7, 11) is -1.11. The highest BCUT2D eigenvalue weighted by molar-refractivity contribution is 7.84. The Morgan fingerprint density at radius 2 is 1.94 bits per heavy atom. The van der Waals surface area contributed by atoms with Crippen LogP contribution in [0.2, 0.25) is 0 Å². The first-order valence-electron chi connectivity index (χ1n) is 5.37. The van der Waals surface area contributed by atoms with Gasteiger partial charge in [-0.3, -0.25) is 4.79 Å². The zero-order valence-electron chi connectivity index (χ0n) is 10.5. The van der Waals surface area contributed by atoms with E-state index in [0.717, 1.165) is 4.31 Å². The molecule has 0 saturated heterocycles. The number of benzene rings is 1. The van der Waals surface area contributed by atoms with Crippen molar-refractivity contribution in [3.63, 3.8) is 0 Å². The van der Waals surface area contributed by atoms with Crippen molar-refractivity contribution in [3.05, 3.63) is 24.3 Å². The van der Waals surface area contributed by atoms with E-state index in [9.17, 15) is 13.2 Å². The first-order valence-corrected chi connectivity index (χ1v) is 6.74. The Kier molecular flexibility index (Phi) is 4.69. The molecule has 0 heterocycles. The number of hydrogen-bond acceptors (Lipinski definition) is 4. The van der Waals surface area contributed by atoms with Crippen molar-refractivity contribution < 1.29 is 17.4 Å². The number of anilines is 1. The van der Waals surface area contributed by atoms with Crippen LogP contribution >= 0.6 is 0 Å². The Balaban J connectivity index is 3.00. The second-order valence-electron chi connectivity index (χ2n) is 3.72. The van der Waals surface area contributed by atoms with Gasteiger partial charge in [-0.15, -0.1) is 0 Å². The lowest BCUT2D eigenvalue weighted by Crippen LogP contribution is -2.27. The normalized spacial score (nSPS) is 11.3. The van der Waals surface area contributed by atoms with Gasteiger partial charge in [-0.25, -0.2) is 0 Å². The van der Waals surface area contributed by atoms with Crippen LogP contribution in [-0.4, -0.2) is 32.7 Å². The maximum Gasteiger partial charge on any atom is 0.384 e. The van der Waals surface area contributed by atoms with Crippen molar-refractivity contribution in [2.45, 2.75) is 13.3 Å². The minimum Gasteiger partial charge on any atom is -0.369 e. The summed E-state index contributed by atoms with van der Waals surface area (Å²) in [5, 5.41) is 2.57. The van der Waals surface area contributed by atoms with Crippen molar-refractivity contribution in [2.24, 2.45) is 0 Å². The highest BCUT2D eigenvalue weighted by Gasteiger charge is 2.18. The number of nitrogens with zero attached hydrogens (tertiary/aromatic N) is 1. The summed E-state index contributed by atoms with van der Waals surface area (Å²) >= 11 is 0. The number of carbonyl (C=O) groups is 1.